The number of carbonyl (C=O) groups excluding carboxylic acids is 1. The van der Waals surface area contributed by atoms with E-state index in [4.69, 9.17) is 47.6 Å². The Morgan fingerprint density at radius 3 is 2.26 bits per heavy atom. The third kappa shape index (κ3) is 7.15. The predicted octanol–water partition coefficient (Wildman–Crippen LogP) is -6.40. The van der Waals surface area contributed by atoms with Gasteiger partial charge in [0.2, 0.25) is 5.91 Å². The first-order chi connectivity index (χ1) is 18.0. The number of ether oxygens (including phenoxy) is 4. The van der Waals surface area contributed by atoms with E-state index in [1.807, 2.05) is 0 Å². The summed E-state index contributed by atoms with van der Waals surface area (Å²) in [4.78, 5) is 12.6. The van der Waals surface area contributed by atoms with Crippen LogP contribution in [0.1, 0.15) is 25.7 Å². The van der Waals surface area contributed by atoms with Crippen LogP contribution in [0.15, 0.2) is 0 Å². The number of amides is 1. The van der Waals surface area contributed by atoms with Crippen LogP contribution in [-0.2, 0) is 23.7 Å². The number of aliphatic hydroxyl groups excluding tert-OH is 5. The van der Waals surface area contributed by atoms with Crippen molar-refractivity contribution in [2.45, 2.75) is 111 Å². The summed E-state index contributed by atoms with van der Waals surface area (Å²) >= 11 is 0. The van der Waals surface area contributed by atoms with Gasteiger partial charge in [-0.15, -0.1) is 0 Å². The quantitative estimate of drug-likeness (QED) is 0.120. The molecule has 3 rings (SSSR count). The van der Waals surface area contributed by atoms with Crippen molar-refractivity contribution in [3.63, 3.8) is 0 Å². The molecular weight excluding hydrogens is 508 g/mol. The van der Waals surface area contributed by atoms with E-state index in [1.54, 1.807) is 0 Å². The van der Waals surface area contributed by atoms with Crippen LogP contribution < -0.4 is 34.0 Å². The van der Waals surface area contributed by atoms with Gasteiger partial charge < -0.3 is 78.5 Å². The molecular formula is C22H44N6O10. The molecule has 1 amide bonds. The lowest BCUT2D eigenvalue weighted by atomic mass is 9.83. The molecule has 0 aromatic carbocycles. The second-order valence-corrected chi connectivity index (χ2v) is 10.2. The van der Waals surface area contributed by atoms with Crippen LogP contribution in [0, 0.1) is 0 Å². The minimum atomic E-state index is -1.55. The minimum absolute atomic E-state index is 0.000983. The van der Waals surface area contributed by atoms with Crippen molar-refractivity contribution in [3.8, 4) is 0 Å². The topological polar surface area (TPSA) is 297 Å². The normalized spacial score (nSPS) is 44.9. The van der Waals surface area contributed by atoms with Crippen molar-refractivity contribution in [2.24, 2.45) is 28.7 Å². The number of carbonyl (C=O) groups is 1. The fourth-order valence-electron chi connectivity index (χ4n) is 5.02. The molecule has 2 aliphatic heterocycles. The molecule has 38 heavy (non-hydrogen) atoms. The third-order valence-electron chi connectivity index (χ3n) is 7.37. The second kappa shape index (κ2) is 14.0. The summed E-state index contributed by atoms with van der Waals surface area (Å²) in [5.74, 6) is -0.762. The zero-order chi connectivity index (χ0) is 28.1. The van der Waals surface area contributed by atoms with E-state index in [2.05, 4.69) is 5.32 Å². The Balaban J connectivity index is 1.82. The highest BCUT2D eigenvalue weighted by Crippen LogP contribution is 2.31. The van der Waals surface area contributed by atoms with Gasteiger partial charge in [0.1, 0.15) is 42.7 Å². The number of nitrogens with one attached hydrogen (secondary N) is 1. The third-order valence-corrected chi connectivity index (χ3v) is 7.37. The fraction of sp³-hybridized carbons (Fsp3) is 0.955. The zero-order valence-electron chi connectivity index (χ0n) is 21.2. The zero-order valence-corrected chi connectivity index (χ0v) is 21.2. The van der Waals surface area contributed by atoms with Crippen molar-refractivity contribution >= 4 is 5.91 Å². The molecule has 222 valence electrons. The standard InChI is InChI=1S/C22H44N6O10/c23-4-3-12(30)20(34)28-11-5-10(26)18(37-21-9(25)2-1-8(6-24)35-21)17(33)19(11)38-22-16(32)14(27)15(31)13(7-29)36-22/h8-19,21-22,29-33H,1-7,23-27H2,(H,28,34)/t8?,9?,10-,11+,12-,13?,14-,15-,16?,17?,18?,19-,21+,22+/m0/s1. The molecule has 14 atom stereocenters. The summed E-state index contributed by atoms with van der Waals surface area (Å²) in [6, 6.07) is -3.54. The van der Waals surface area contributed by atoms with Gasteiger partial charge in [0.15, 0.2) is 12.6 Å². The van der Waals surface area contributed by atoms with Crippen LogP contribution in [0.25, 0.3) is 0 Å². The van der Waals surface area contributed by atoms with Gasteiger partial charge in [-0.1, -0.05) is 0 Å². The average molecular weight is 553 g/mol. The molecule has 1 saturated carbocycles. The molecule has 0 radical (unpaired) electrons. The van der Waals surface area contributed by atoms with E-state index in [-0.39, 0.29) is 32.0 Å². The highest BCUT2D eigenvalue weighted by molar-refractivity contribution is 5.80. The van der Waals surface area contributed by atoms with E-state index in [0.717, 1.165) is 0 Å². The number of nitrogens with two attached hydrogens (primary N) is 5. The maximum absolute atomic E-state index is 12.6. The maximum Gasteiger partial charge on any atom is 0.249 e. The molecule has 0 aromatic rings. The van der Waals surface area contributed by atoms with E-state index in [0.29, 0.717) is 12.8 Å². The van der Waals surface area contributed by atoms with Gasteiger partial charge in [-0.2, -0.15) is 0 Å². The van der Waals surface area contributed by atoms with Gasteiger partial charge in [0.25, 0.3) is 0 Å². The van der Waals surface area contributed by atoms with Crippen LogP contribution in [0.2, 0.25) is 0 Å². The molecule has 3 fully saturated rings. The highest BCUT2D eigenvalue weighted by atomic mass is 16.7. The van der Waals surface area contributed by atoms with Crippen LogP contribution in [0.3, 0.4) is 0 Å². The first kappa shape index (κ1) is 31.4. The molecule has 0 bridgehead atoms. The number of rotatable bonds is 10. The average Bonchev–Trinajstić information content (AvgIpc) is 2.89. The molecule has 0 spiro atoms. The van der Waals surface area contributed by atoms with Crippen LogP contribution in [-0.4, -0.2) is 137 Å². The Kier molecular flexibility index (Phi) is 11.6. The largest absolute Gasteiger partial charge is 0.394 e. The van der Waals surface area contributed by atoms with Crippen LogP contribution >= 0.6 is 0 Å². The lowest BCUT2D eigenvalue weighted by molar-refractivity contribution is -0.314. The number of hydrogen-bond acceptors (Lipinski definition) is 15. The summed E-state index contributed by atoms with van der Waals surface area (Å²) in [5, 5.41) is 54.4. The van der Waals surface area contributed by atoms with Gasteiger partial charge in [0, 0.05) is 12.6 Å². The van der Waals surface area contributed by atoms with Crippen LogP contribution in [0.4, 0.5) is 0 Å². The Morgan fingerprint density at radius 1 is 0.947 bits per heavy atom. The van der Waals surface area contributed by atoms with E-state index in [9.17, 15) is 30.3 Å². The van der Waals surface area contributed by atoms with Gasteiger partial charge in [-0.25, -0.2) is 0 Å². The molecule has 1 aliphatic carbocycles. The van der Waals surface area contributed by atoms with E-state index >= 15 is 0 Å². The van der Waals surface area contributed by atoms with Gasteiger partial charge >= 0.3 is 0 Å². The van der Waals surface area contributed by atoms with Crippen LogP contribution in [0.5, 0.6) is 0 Å². The SMILES string of the molecule is NCC[C@H](O)C(=O)N[C@@H]1C[C@H](N)C(O[C@H]2OC(CN)CCC2N)C(O)[C@H]1O[C@H]1OC(CO)[C@H](O)[C@H](N)C1O. The molecule has 2 heterocycles. The predicted molar refractivity (Wildman–Crippen MR) is 131 cm³/mol. The summed E-state index contributed by atoms with van der Waals surface area (Å²) in [5.41, 5.74) is 29.6. The molecule has 3 aliphatic rings. The molecule has 2 saturated heterocycles. The Morgan fingerprint density at radius 2 is 1.63 bits per heavy atom. The number of hydrogen-bond donors (Lipinski definition) is 11. The Labute approximate surface area is 220 Å². The molecule has 0 aromatic heterocycles. The van der Waals surface area contributed by atoms with Gasteiger partial charge in [-0.3, -0.25) is 4.79 Å². The maximum atomic E-state index is 12.6. The monoisotopic (exact) mass is 552 g/mol. The second-order valence-electron chi connectivity index (χ2n) is 10.2. The van der Waals surface area contributed by atoms with Gasteiger partial charge in [-0.05, 0) is 32.2 Å². The first-order valence-electron chi connectivity index (χ1n) is 12.9. The Bertz CT molecular complexity index is 755. The lowest BCUT2D eigenvalue weighted by Gasteiger charge is -2.48. The molecule has 16 heteroatoms. The van der Waals surface area contributed by atoms with Crippen molar-refractivity contribution in [3.05, 3.63) is 0 Å². The molecule has 6 unspecified atom stereocenters. The lowest BCUT2D eigenvalue weighted by Crippen LogP contribution is -2.69. The summed E-state index contributed by atoms with van der Waals surface area (Å²) in [6.45, 7) is -0.296. The molecule has 16 nitrogen and oxygen atoms in total. The molecule has 16 N–H and O–H groups in total. The van der Waals surface area contributed by atoms with Crippen molar-refractivity contribution < 1.29 is 49.3 Å². The van der Waals surface area contributed by atoms with Crippen molar-refractivity contribution in [1.82, 2.24) is 5.32 Å². The highest BCUT2D eigenvalue weighted by Gasteiger charge is 2.51. The van der Waals surface area contributed by atoms with E-state index in [1.165, 1.54) is 0 Å². The Hall–Kier alpha value is -1.09. The van der Waals surface area contributed by atoms with E-state index < -0.39 is 92.0 Å². The number of aliphatic hydroxyl groups is 5. The first-order valence-corrected chi connectivity index (χ1v) is 12.9. The van der Waals surface area contributed by atoms with Crippen molar-refractivity contribution in [2.75, 3.05) is 19.7 Å². The van der Waals surface area contributed by atoms with Crippen molar-refractivity contribution in [1.29, 1.82) is 0 Å². The fourth-order valence-corrected chi connectivity index (χ4v) is 5.02. The summed E-state index contributed by atoms with van der Waals surface area (Å²) in [7, 11) is 0. The smallest absolute Gasteiger partial charge is 0.249 e. The minimum Gasteiger partial charge on any atom is -0.394 e. The van der Waals surface area contributed by atoms with Gasteiger partial charge in [0.05, 0.1) is 30.8 Å². The summed E-state index contributed by atoms with van der Waals surface area (Å²) < 4.78 is 23.3. The summed E-state index contributed by atoms with van der Waals surface area (Å²) in [6.07, 6.45) is -10.8.